The number of aliphatic imine (C=N–C) groups is 2. The number of nitrogen functional groups attached to an aromatic ring is 1. The lowest BCUT2D eigenvalue weighted by atomic mass is 10.0. The zero-order chi connectivity index (χ0) is 30.6. The van der Waals surface area contributed by atoms with Gasteiger partial charge in [0.1, 0.15) is 19.7 Å². The highest BCUT2D eigenvalue weighted by Gasteiger charge is 2.21. The molecule has 0 saturated carbocycles. The van der Waals surface area contributed by atoms with E-state index in [2.05, 4.69) is 92.7 Å². The summed E-state index contributed by atoms with van der Waals surface area (Å²) in [5.74, 6) is 3.05. The molecule has 4 rings (SSSR count). The lowest BCUT2D eigenvalue weighted by Gasteiger charge is -2.07. The number of nitrogens with two attached hydrogens (primary N) is 1. The number of fused-ring (bicyclic) bond motifs is 1. The van der Waals surface area contributed by atoms with Crippen LogP contribution in [0, 0.1) is 0 Å². The Kier molecular flexibility index (Phi) is 15.3. The molecule has 0 amide bonds. The molecule has 210 valence electrons. The summed E-state index contributed by atoms with van der Waals surface area (Å²) in [6, 6.07) is 5.89. The highest BCUT2D eigenvalue weighted by Crippen LogP contribution is 2.42. The van der Waals surface area contributed by atoms with E-state index in [0.717, 1.165) is 44.9 Å². The van der Waals surface area contributed by atoms with Crippen LogP contribution in [0.4, 0.5) is 5.69 Å². The Labute approximate surface area is 256 Å². The number of hydrogen-bond donors (Lipinski definition) is 1. The van der Waals surface area contributed by atoms with Crippen molar-refractivity contribution < 1.29 is 4.21 Å². The molecule has 0 bridgehead atoms. The van der Waals surface area contributed by atoms with Crippen LogP contribution < -0.4 is 5.73 Å². The van der Waals surface area contributed by atoms with E-state index in [9.17, 15) is 4.21 Å². The molecule has 42 heavy (non-hydrogen) atoms. The second-order valence-electron chi connectivity index (χ2n) is 7.67. The van der Waals surface area contributed by atoms with Gasteiger partial charge in [0, 0.05) is 59.3 Å². The Morgan fingerprint density at radius 1 is 1.17 bits per heavy atom. The Bertz CT molecular complexity index is 1820. The summed E-state index contributed by atoms with van der Waals surface area (Å²) in [5.41, 5.74) is 26.8. The van der Waals surface area contributed by atoms with Crippen molar-refractivity contribution in [2.45, 2.75) is 24.0 Å². The molecule has 1 unspecified atom stereocenters. The quantitative estimate of drug-likeness (QED) is 0.174. The van der Waals surface area contributed by atoms with E-state index >= 15 is 0 Å². The lowest BCUT2D eigenvalue weighted by Crippen LogP contribution is -1.99. The third kappa shape index (κ3) is 10.3. The molecule has 4 aromatic heterocycles. The zero-order valence-electron chi connectivity index (χ0n) is 23.3. The van der Waals surface area contributed by atoms with Gasteiger partial charge < -0.3 is 5.73 Å². The van der Waals surface area contributed by atoms with Gasteiger partial charge in [-0.2, -0.15) is 0 Å². The molecule has 2 N–H and O–H groups in total. The molecule has 0 aliphatic carbocycles. The second-order valence-corrected chi connectivity index (χ2v) is 11.3. The molecule has 4 aromatic rings. The fraction of sp³-hybridized carbons (Fsp3) is 0.156. The summed E-state index contributed by atoms with van der Waals surface area (Å²) in [6.45, 7) is 11.8. The monoisotopic (exact) mass is 608 g/mol. The first-order valence-electron chi connectivity index (χ1n) is 12.3. The Morgan fingerprint density at radius 3 is 2.55 bits per heavy atom. The number of pyridine rings is 2. The minimum absolute atomic E-state index is 0.571. The van der Waals surface area contributed by atoms with Gasteiger partial charge in [0.15, 0.2) is 0 Å². The van der Waals surface area contributed by atoms with E-state index < -0.39 is 10.8 Å². The van der Waals surface area contributed by atoms with E-state index in [1.54, 1.807) is 30.8 Å². The van der Waals surface area contributed by atoms with Gasteiger partial charge in [-0.05, 0) is 66.9 Å². The lowest BCUT2D eigenvalue weighted by molar-refractivity contribution is 0.681. The van der Waals surface area contributed by atoms with Crippen molar-refractivity contribution in [2.75, 3.05) is 18.5 Å². The fourth-order valence-electron chi connectivity index (χ4n) is 3.13. The van der Waals surface area contributed by atoms with E-state index in [1.807, 2.05) is 29.8 Å². The largest absolute Gasteiger partial charge is 0.396 e. The van der Waals surface area contributed by atoms with Crippen LogP contribution in [0.2, 0.25) is 0 Å². The van der Waals surface area contributed by atoms with Gasteiger partial charge in [-0.15, -0.1) is 22.7 Å². The van der Waals surface area contributed by atoms with Crippen molar-refractivity contribution in [1.29, 1.82) is 0 Å². The predicted octanol–water partition coefficient (Wildman–Crippen LogP) is 7.36. The first-order chi connectivity index (χ1) is 20.5. The molecule has 0 spiro atoms. The molecular weight excluding hydrogens is 581 g/mol. The van der Waals surface area contributed by atoms with Crippen LogP contribution in [0.15, 0.2) is 116 Å². The van der Waals surface area contributed by atoms with E-state index in [4.69, 9.17) is 10.7 Å². The normalized spacial score (nSPS) is 9.57. The molecule has 0 aliphatic rings. The number of aromatic nitrogens is 3. The second kappa shape index (κ2) is 19.3. The minimum Gasteiger partial charge on any atom is -0.396 e. The molecule has 0 fully saturated rings. The first kappa shape index (κ1) is 33.4. The summed E-state index contributed by atoms with van der Waals surface area (Å²) in [7, 11) is 0.497. The van der Waals surface area contributed by atoms with Crippen molar-refractivity contribution in [3.8, 4) is 21.8 Å². The van der Waals surface area contributed by atoms with Crippen LogP contribution in [-0.2, 0) is 10.8 Å². The predicted molar refractivity (Wildman–Crippen MR) is 178 cm³/mol. The van der Waals surface area contributed by atoms with E-state index in [1.165, 1.54) is 17.5 Å². The highest BCUT2D eigenvalue weighted by atomic mass is 32.2. The summed E-state index contributed by atoms with van der Waals surface area (Å²) in [6.07, 6.45) is 8.62. The maximum atomic E-state index is 12.7. The van der Waals surface area contributed by atoms with Crippen LogP contribution in [0.3, 0.4) is 0 Å². The van der Waals surface area contributed by atoms with Gasteiger partial charge in [-0.1, -0.05) is 30.9 Å². The van der Waals surface area contributed by atoms with Crippen LogP contribution in [0.5, 0.6) is 0 Å². The molecule has 7 nitrogen and oxygen atoms in total. The van der Waals surface area contributed by atoms with Crippen LogP contribution >= 0.6 is 22.7 Å². The van der Waals surface area contributed by atoms with Crippen molar-refractivity contribution in [3.05, 3.63) is 102 Å². The van der Waals surface area contributed by atoms with Crippen LogP contribution in [-0.4, -0.2) is 44.5 Å². The number of thiazole rings is 1. The highest BCUT2D eigenvalue weighted by molar-refractivity contribution is 7.87. The van der Waals surface area contributed by atoms with Gasteiger partial charge in [0.05, 0.1) is 22.7 Å². The first-order valence-corrected chi connectivity index (χ1v) is 15.4. The summed E-state index contributed by atoms with van der Waals surface area (Å²) in [5, 5.41) is 3.63. The average Bonchev–Trinajstić information content (AvgIpc) is 3.68. The van der Waals surface area contributed by atoms with E-state index in [-0.39, 0.29) is 0 Å². The van der Waals surface area contributed by atoms with Gasteiger partial charge in [-0.25, -0.2) is 15.0 Å². The SMILES string of the molecule is C=C=C=C=C=C=C.C=NC=C=C=C=NC.CCCCS(=O)c1sc2nc(-c3nccs3)cc(-c3cccnc3)c2c1N. The van der Waals surface area contributed by atoms with Gasteiger partial charge in [0.2, 0.25) is 0 Å². The minimum atomic E-state index is -1.11. The number of anilines is 1. The molecular formula is C32H28N6OS3. The smallest absolute Gasteiger partial charge is 0.141 e. The summed E-state index contributed by atoms with van der Waals surface area (Å²) >= 11 is 2.96. The number of hydrogen-bond acceptors (Lipinski definition) is 9. The van der Waals surface area contributed by atoms with Crippen LogP contribution in [0.1, 0.15) is 19.8 Å². The maximum Gasteiger partial charge on any atom is 0.141 e. The molecule has 1 atom stereocenters. The van der Waals surface area contributed by atoms with Crippen LogP contribution in [0.25, 0.3) is 32.0 Å². The molecule has 0 radical (unpaired) electrons. The van der Waals surface area contributed by atoms with Crippen molar-refractivity contribution in [3.63, 3.8) is 0 Å². The van der Waals surface area contributed by atoms with Gasteiger partial charge >= 0.3 is 0 Å². The summed E-state index contributed by atoms with van der Waals surface area (Å²) < 4.78 is 13.5. The average molecular weight is 609 g/mol. The molecule has 10 heteroatoms. The van der Waals surface area contributed by atoms with Crippen molar-refractivity contribution in [2.24, 2.45) is 9.98 Å². The maximum absolute atomic E-state index is 12.7. The number of thiophene rings is 1. The number of rotatable bonds is 7. The molecule has 0 aliphatic heterocycles. The molecule has 0 aromatic carbocycles. The van der Waals surface area contributed by atoms with Gasteiger partial charge in [0.25, 0.3) is 0 Å². The summed E-state index contributed by atoms with van der Waals surface area (Å²) in [4.78, 5) is 21.1. The Morgan fingerprint density at radius 2 is 1.95 bits per heavy atom. The number of unbranched alkanes of at least 4 members (excludes halogenated alkanes) is 1. The molecule has 4 heterocycles. The topological polar surface area (TPSA) is 106 Å². The van der Waals surface area contributed by atoms with Gasteiger partial charge in [-0.3, -0.25) is 14.2 Å². The molecule has 0 saturated heterocycles. The zero-order valence-corrected chi connectivity index (χ0v) is 25.8. The number of nitrogens with zero attached hydrogens (tertiary/aromatic N) is 5. The van der Waals surface area contributed by atoms with Crippen molar-refractivity contribution in [1.82, 2.24) is 15.0 Å². The standard InChI is InChI=1S/C19H18N4OS3.C7H4.C6H6N2/c1-2-3-9-27(24)19-16(20)15-13(12-5-4-6-21-11-12)10-14(23-18(15)26-19)17-22-7-8-25-17;1-3-5-7-6-4-2;1-7-5-3-4-6-8-2/h4-8,10-11H,2-3,9,20H2,1H3;1-2H2;5H,1H2,2H3. The Hall–Kier alpha value is -4.84. The van der Waals surface area contributed by atoms with Crippen molar-refractivity contribution >= 4 is 62.0 Å². The fourth-order valence-corrected chi connectivity index (χ4v) is 6.53. The third-order valence-corrected chi connectivity index (χ3v) is 8.67. The third-order valence-electron chi connectivity index (χ3n) is 4.88. The Balaban J connectivity index is 0.000000341. The van der Waals surface area contributed by atoms with E-state index in [0.29, 0.717) is 15.6 Å².